The van der Waals surface area contributed by atoms with Crippen LogP contribution in [0.15, 0.2) is 24.3 Å². The average molecular weight is 267 g/mol. The van der Waals surface area contributed by atoms with Crippen LogP contribution in [0, 0.1) is 11.3 Å². The van der Waals surface area contributed by atoms with Gasteiger partial charge in [0.2, 0.25) is 0 Å². The molecule has 1 N–H and O–H groups in total. The van der Waals surface area contributed by atoms with Crippen molar-refractivity contribution in [2.24, 2.45) is 0 Å². The minimum absolute atomic E-state index is 0.0689. The number of hydrogen-bond donors (Lipinski definition) is 1. The van der Waals surface area contributed by atoms with Crippen LogP contribution in [0.4, 0.5) is 0 Å². The van der Waals surface area contributed by atoms with Gasteiger partial charge in [0.25, 0.3) is 0 Å². The molecule has 0 radical (unpaired) electrons. The molecule has 5 heteroatoms. The number of aliphatic hydroxyl groups is 1. The zero-order chi connectivity index (χ0) is 13.8. The summed E-state index contributed by atoms with van der Waals surface area (Å²) in [6.45, 7) is 1.65. The highest BCUT2D eigenvalue weighted by Gasteiger charge is 2.23. The first-order valence-corrected chi connectivity index (χ1v) is 7.71. The van der Waals surface area contributed by atoms with Crippen LogP contribution in [-0.2, 0) is 15.4 Å². The van der Waals surface area contributed by atoms with E-state index in [1.807, 2.05) is 6.07 Å². The topological polar surface area (TPSA) is 78.2 Å². The predicted octanol–water partition coefficient (Wildman–Crippen LogP) is 1.59. The first-order chi connectivity index (χ1) is 8.24. The summed E-state index contributed by atoms with van der Waals surface area (Å²) in [5.74, 6) is 0.0689. The number of benzene rings is 1. The van der Waals surface area contributed by atoms with E-state index in [1.165, 1.54) is 6.26 Å². The Labute approximate surface area is 108 Å². The zero-order valence-corrected chi connectivity index (χ0v) is 11.4. The lowest BCUT2D eigenvalue weighted by Gasteiger charge is -2.23. The molecule has 1 unspecified atom stereocenters. The van der Waals surface area contributed by atoms with Gasteiger partial charge in [0, 0.05) is 12.0 Å². The molecule has 1 rings (SSSR count). The molecule has 0 spiro atoms. The summed E-state index contributed by atoms with van der Waals surface area (Å²) in [6.07, 6.45) is 1.96. The Balaban J connectivity index is 2.70. The third kappa shape index (κ3) is 4.47. The van der Waals surface area contributed by atoms with Gasteiger partial charge in [-0.2, -0.15) is 5.26 Å². The number of hydrogen-bond acceptors (Lipinski definition) is 4. The van der Waals surface area contributed by atoms with E-state index < -0.39 is 15.4 Å². The summed E-state index contributed by atoms with van der Waals surface area (Å²) in [5.41, 5.74) is 0.152. The maximum Gasteiger partial charge on any atom is 0.147 e. The second-order valence-electron chi connectivity index (χ2n) is 4.70. The molecule has 0 aromatic heterocycles. The van der Waals surface area contributed by atoms with Crippen LogP contribution >= 0.6 is 0 Å². The summed E-state index contributed by atoms with van der Waals surface area (Å²) >= 11 is 0. The van der Waals surface area contributed by atoms with Gasteiger partial charge < -0.3 is 5.11 Å². The van der Waals surface area contributed by atoms with Crippen LogP contribution in [-0.4, -0.2) is 25.5 Å². The first-order valence-electron chi connectivity index (χ1n) is 5.65. The minimum Gasteiger partial charge on any atom is -0.385 e. The molecule has 1 atom stereocenters. The van der Waals surface area contributed by atoms with E-state index in [0.29, 0.717) is 24.0 Å². The summed E-state index contributed by atoms with van der Waals surface area (Å²) in [4.78, 5) is 0. The fraction of sp³-hybridized carbons (Fsp3) is 0.462. The van der Waals surface area contributed by atoms with Crippen LogP contribution in [0.2, 0.25) is 0 Å². The Morgan fingerprint density at radius 3 is 2.33 bits per heavy atom. The van der Waals surface area contributed by atoms with Crippen molar-refractivity contribution in [1.82, 2.24) is 0 Å². The van der Waals surface area contributed by atoms with Gasteiger partial charge in [-0.15, -0.1) is 0 Å². The summed E-state index contributed by atoms with van der Waals surface area (Å²) in [7, 11) is -2.99. The maximum absolute atomic E-state index is 11.0. The highest BCUT2D eigenvalue weighted by molar-refractivity contribution is 7.90. The van der Waals surface area contributed by atoms with Crippen LogP contribution < -0.4 is 0 Å². The first kappa shape index (κ1) is 14.7. The molecule has 1 aromatic carbocycles. The quantitative estimate of drug-likeness (QED) is 0.878. The van der Waals surface area contributed by atoms with Crippen LogP contribution in [0.3, 0.4) is 0 Å². The molecule has 0 heterocycles. The van der Waals surface area contributed by atoms with E-state index in [2.05, 4.69) is 0 Å². The second-order valence-corrected chi connectivity index (χ2v) is 6.96. The van der Waals surface area contributed by atoms with E-state index in [1.54, 1.807) is 31.2 Å². The Morgan fingerprint density at radius 1 is 1.33 bits per heavy atom. The van der Waals surface area contributed by atoms with Gasteiger partial charge in [0.1, 0.15) is 9.84 Å². The predicted molar refractivity (Wildman–Crippen MR) is 69.7 cm³/mol. The summed E-state index contributed by atoms with van der Waals surface area (Å²) in [5, 5.41) is 19.0. The van der Waals surface area contributed by atoms with Crippen molar-refractivity contribution in [1.29, 1.82) is 5.26 Å². The Morgan fingerprint density at radius 2 is 1.89 bits per heavy atom. The molecule has 0 saturated heterocycles. The third-order valence-corrected chi connectivity index (χ3v) is 3.84. The van der Waals surface area contributed by atoms with Crippen molar-refractivity contribution in [3.05, 3.63) is 35.4 Å². The van der Waals surface area contributed by atoms with E-state index in [0.717, 1.165) is 0 Å². The van der Waals surface area contributed by atoms with Crippen molar-refractivity contribution in [3.8, 4) is 6.07 Å². The van der Waals surface area contributed by atoms with Crippen molar-refractivity contribution in [2.75, 3.05) is 12.0 Å². The number of nitrogens with zero attached hydrogens (tertiary/aromatic N) is 1. The molecular formula is C13H17NO3S. The van der Waals surface area contributed by atoms with Gasteiger partial charge in [0.05, 0.1) is 17.2 Å². The minimum atomic E-state index is -2.99. The average Bonchev–Trinajstić information content (AvgIpc) is 2.27. The van der Waals surface area contributed by atoms with Crippen LogP contribution in [0.5, 0.6) is 0 Å². The van der Waals surface area contributed by atoms with Crippen molar-refractivity contribution >= 4 is 9.84 Å². The van der Waals surface area contributed by atoms with E-state index in [9.17, 15) is 13.5 Å². The monoisotopic (exact) mass is 267 g/mol. The molecule has 0 aliphatic rings. The molecule has 98 valence electrons. The standard InChI is InChI=1S/C13H17NO3S/c1-13(15,8-3-9-18(2,16)17)12-6-4-11(10-14)5-7-12/h4-7,15H,3,8-9H2,1-2H3. The van der Waals surface area contributed by atoms with Crippen molar-refractivity contribution < 1.29 is 13.5 Å². The summed E-state index contributed by atoms with van der Waals surface area (Å²) < 4.78 is 22.0. The van der Waals surface area contributed by atoms with E-state index in [4.69, 9.17) is 5.26 Å². The smallest absolute Gasteiger partial charge is 0.147 e. The van der Waals surface area contributed by atoms with Gasteiger partial charge in [0.15, 0.2) is 0 Å². The Hall–Kier alpha value is -1.38. The van der Waals surface area contributed by atoms with Gasteiger partial charge in [-0.1, -0.05) is 12.1 Å². The maximum atomic E-state index is 11.0. The lowest BCUT2D eigenvalue weighted by atomic mass is 9.91. The number of nitriles is 1. The highest BCUT2D eigenvalue weighted by Crippen LogP contribution is 2.26. The molecule has 4 nitrogen and oxygen atoms in total. The zero-order valence-electron chi connectivity index (χ0n) is 10.5. The SMILES string of the molecule is CC(O)(CCCS(C)(=O)=O)c1ccc(C#N)cc1. The molecule has 18 heavy (non-hydrogen) atoms. The number of rotatable bonds is 5. The van der Waals surface area contributed by atoms with Gasteiger partial charge in [-0.05, 0) is 37.5 Å². The molecule has 0 saturated carbocycles. The van der Waals surface area contributed by atoms with E-state index >= 15 is 0 Å². The fourth-order valence-electron chi connectivity index (χ4n) is 1.73. The number of sulfone groups is 1. The Bertz CT molecular complexity index is 539. The fourth-order valence-corrected chi connectivity index (χ4v) is 2.40. The highest BCUT2D eigenvalue weighted by atomic mass is 32.2. The van der Waals surface area contributed by atoms with Crippen molar-refractivity contribution in [3.63, 3.8) is 0 Å². The second kappa shape index (κ2) is 5.51. The molecular weight excluding hydrogens is 250 g/mol. The van der Waals surface area contributed by atoms with Crippen LogP contribution in [0.1, 0.15) is 30.9 Å². The van der Waals surface area contributed by atoms with Gasteiger partial charge in [-0.3, -0.25) is 0 Å². The summed E-state index contributed by atoms with van der Waals surface area (Å²) in [6, 6.07) is 8.67. The molecule has 0 bridgehead atoms. The molecule has 1 aromatic rings. The molecule has 0 aliphatic carbocycles. The van der Waals surface area contributed by atoms with Crippen LogP contribution in [0.25, 0.3) is 0 Å². The van der Waals surface area contributed by atoms with Gasteiger partial charge >= 0.3 is 0 Å². The lowest BCUT2D eigenvalue weighted by Crippen LogP contribution is -2.22. The van der Waals surface area contributed by atoms with Crippen molar-refractivity contribution in [2.45, 2.75) is 25.4 Å². The largest absolute Gasteiger partial charge is 0.385 e. The molecule has 0 aliphatic heterocycles. The third-order valence-electron chi connectivity index (χ3n) is 2.81. The van der Waals surface area contributed by atoms with Gasteiger partial charge in [-0.25, -0.2) is 8.42 Å². The lowest BCUT2D eigenvalue weighted by molar-refractivity contribution is 0.0472. The molecule has 0 amide bonds. The molecule has 0 fully saturated rings. The van der Waals surface area contributed by atoms with E-state index in [-0.39, 0.29) is 5.75 Å². The normalized spacial score (nSPS) is 14.8. The Kier molecular flexibility index (Phi) is 4.49.